The molecule has 1 rings (SSSR count). The number of nitrogens with one attached hydrogen (secondary N) is 1. The van der Waals surface area contributed by atoms with Gasteiger partial charge in [0, 0.05) is 6.54 Å². The number of nitrogens with two attached hydrogens (primary N) is 1. The molecule has 1 amide bonds. The van der Waals surface area contributed by atoms with Crippen molar-refractivity contribution in [3.05, 3.63) is 0 Å². The van der Waals surface area contributed by atoms with Gasteiger partial charge in [-0.05, 0) is 0 Å². The predicted molar refractivity (Wildman–Crippen MR) is 31.6 cm³/mol. The standard InChI is InChI=1S/C5H10N2O2/c6-4(8)3-5-7-1-2-9-5/h5,7H,1-3H2,(H2,6,8). The van der Waals surface area contributed by atoms with Crippen LogP contribution in [0.2, 0.25) is 0 Å². The first kappa shape index (κ1) is 6.51. The van der Waals surface area contributed by atoms with Crippen molar-refractivity contribution in [2.24, 2.45) is 5.73 Å². The lowest BCUT2D eigenvalue weighted by molar-refractivity contribution is -0.120. The minimum atomic E-state index is -0.325. The fourth-order valence-electron chi connectivity index (χ4n) is 0.794. The lowest BCUT2D eigenvalue weighted by atomic mass is 10.4. The number of carbonyl (C=O) groups excluding carboxylic acids is 1. The summed E-state index contributed by atoms with van der Waals surface area (Å²) in [7, 11) is 0. The van der Waals surface area contributed by atoms with Crippen LogP contribution >= 0.6 is 0 Å². The Balaban J connectivity index is 2.19. The van der Waals surface area contributed by atoms with Crippen LogP contribution < -0.4 is 11.1 Å². The minimum Gasteiger partial charge on any atom is -0.370 e. The van der Waals surface area contributed by atoms with E-state index in [1.807, 2.05) is 0 Å². The molecule has 0 spiro atoms. The molecule has 4 nitrogen and oxygen atoms in total. The lowest BCUT2D eigenvalue weighted by Crippen LogP contribution is -2.28. The molecule has 1 unspecified atom stereocenters. The molecule has 0 aromatic carbocycles. The number of ether oxygens (including phenoxy) is 1. The first-order valence-corrected chi connectivity index (χ1v) is 2.92. The summed E-state index contributed by atoms with van der Waals surface area (Å²) in [6.45, 7) is 1.50. The third-order valence-corrected chi connectivity index (χ3v) is 1.18. The van der Waals surface area contributed by atoms with Crippen molar-refractivity contribution in [1.29, 1.82) is 0 Å². The molecule has 1 fully saturated rings. The Hall–Kier alpha value is -0.610. The van der Waals surface area contributed by atoms with E-state index >= 15 is 0 Å². The summed E-state index contributed by atoms with van der Waals surface area (Å²) in [5, 5.41) is 2.96. The van der Waals surface area contributed by atoms with Gasteiger partial charge in [0.2, 0.25) is 5.91 Å². The third kappa shape index (κ3) is 1.99. The molecule has 1 aliphatic heterocycles. The van der Waals surface area contributed by atoms with Crippen LogP contribution in [0.1, 0.15) is 6.42 Å². The molecule has 9 heavy (non-hydrogen) atoms. The number of hydrogen-bond acceptors (Lipinski definition) is 3. The maximum Gasteiger partial charge on any atom is 0.221 e. The quantitative estimate of drug-likeness (QED) is 0.494. The lowest BCUT2D eigenvalue weighted by Gasteiger charge is -2.04. The Morgan fingerprint density at radius 1 is 1.89 bits per heavy atom. The van der Waals surface area contributed by atoms with E-state index in [-0.39, 0.29) is 18.6 Å². The van der Waals surface area contributed by atoms with Gasteiger partial charge in [0.1, 0.15) is 6.23 Å². The zero-order chi connectivity index (χ0) is 6.69. The fourth-order valence-corrected chi connectivity index (χ4v) is 0.794. The van der Waals surface area contributed by atoms with Gasteiger partial charge in [0.25, 0.3) is 0 Å². The van der Waals surface area contributed by atoms with Crippen LogP contribution in [0.3, 0.4) is 0 Å². The molecule has 0 aromatic heterocycles. The number of hydrogen-bond donors (Lipinski definition) is 2. The monoisotopic (exact) mass is 130 g/mol. The van der Waals surface area contributed by atoms with Gasteiger partial charge in [-0.25, -0.2) is 0 Å². The van der Waals surface area contributed by atoms with Gasteiger partial charge < -0.3 is 10.5 Å². The maximum atomic E-state index is 10.3. The largest absolute Gasteiger partial charge is 0.370 e. The number of primary amides is 1. The molecule has 0 bridgehead atoms. The molecule has 0 aliphatic carbocycles. The van der Waals surface area contributed by atoms with Crippen molar-refractivity contribution >= 4 is 5.91 Å². The highest BCUT2D eigenvalue weighted by Gasteiger charge is 2.15. The molecule has 0 aromatic rings. The highest BCUT2D eigenvalue weighted by molar-refractivity contribution is 5.74. The van der Waals surface area contributed by atoms with Gasteiger partial charge >= 0.3 is 0 Å². The van der Waals surface area contributed by atoms with E-state index in [0.29, 0.717) is 6.61 Å². The fraction of sp³-hybridized carbons (Fsp3) is 0.800. The summed E-state index contributed by atoms with van der Waals surface area (Å²) < 4.78 is 5.05. The Kier molecular flexibility index (Phi) is 2.02. The summed E-state index contributed by atoms with van der Waals surface area (Å²) in [6, 6.07) is 0. The van der Waals surface area contributed by atoms with Crippen LogP contribution in [0.25, 0.3) is 0 Å². The van der Waals surface area contributed by atoms with E-state index < -0.39 is 0 Å². The van der Waals surface area contributed by atoms with Crippen LogP contribution in [0.5, 0.6) is 0 Å². The average molecular weight is 130 g/mol. The molecule has 0 saturated carbocycles. The van der Waals surface area contributed by atoms with Gasteiger partial charge in [-0.3, -0.25) is 10.1 Å². The van der Waals surface area contributed by atoms with E-state index in [0.717, 1.165) is 6.54 Å². The smallest absolute Gasteiger partial charge is 0.221 e. The van der Waals surface area contributed by atoms with Gasteiger partial charge in [-0.15, -0.1) is 0 Å². The molecule has 52 valence electrons. The second kappa shape index (κ2) is 2.80. The normalized spacial score (nSPS) is 26.4. The molecule has 4 heteroatoms. The maximum absolute atomic E-state index is 10.3. The van der Waals surface area contributed by atoms with Crippen LogP contribution in [-0.2, 0) is 9.53 Å². The summed E-state index contributed by atoms with van der Waals surface area (Å²) in [5.74, 6) is -0.325. The number of carbonyl (C=O) groups is 1. The number of amides is 1. The van der Waals surface area contributed by atoms with E-state index in [2.05, 4.69) is 5.32 Å². The van der Waals surface area contributed by atoms with E-state index in [9.17, 15) is 4.79 Å². The van der Waals surface area contributed by atoms with Crippen LogP contribution in [0.15, 0.2) is 0 Å². The zero-order valence-corrected chi connectivity index (χ0v) is 5.09. The van der Waals surface area contributed by atoms with Gasteiger partial charge in [-0.2, -0.15) is 0 Å². The topological polar surface area (TPSA) is 64.4 Å². The Bertz CT molecular complexity index is 110. The van der Waals surface area contributed by atoms with E-state index in [4.69, 9.17) is 10.5 Å². The molecular formula is C5H10N2O2. The van der Waals surface area contributed by atoms with Crippen molar-refractivity contribution in [2.45, 2.75) is 12.6 Å². The number of rotatable bonds is 2. The van der Waals surface area contributed by atoms with E-state index in [1.165, 1.54) is 0 Å². The summed E-state index contributed by atoms with van der Waals surface area (Å²) in [6.07, 6.45) is 0.141. The Labute approximate surface area is 53.4 Å². The van der Waals surface area contributed by atoms with E-state index in [1.54, 1.807) is 0 Å². The van der Waals surface area contributed by atoms with Crippen LogP contribution in [0, 0.1) is 0 Å². The molecule has 1 atom stereocenters. The molecule has 1 saturated heterocycles. The summed E-state index contributed by atoms with van der Waals surface area (Å²) >= 11 is 0. The zero-order valence-electron chi connectivity index (χ0n) is 5.09. The predicted octanol–water partition coefficient (Wildman–Crippen LogP) is -1.19. The van der Waals surface area contributed by atoms with Gasteiger partial charge in [0.15, 0.2) is 0 Å². The van der Waals surface area contributed by atoms with Crippen molar-refractivity contribution in [3.63, 3.8) is 0 Å². The van der Waals surface area contributed by atoms with Crippen molar-refractivity contribution in [3.8, 4) is 0 Å². The SMILES string of the molecule is NC(=O)CC1NCCO1. The summed E-state index contributed by atoms with van der Waals surface area (Å²) in [4.78, 5) is 10.3. The van der Waals surface area contributed by atoms with Crippen molar-refractivity contribution < 1.29 is 9.53 Å². The average Bonchev–Trinajstić information content (AvgIpc) is 2.15. The van der Waals surface area contributed by atoms with Gasteiger partial charge in [0.05, 0.1) is 13.0 Å². The van der Waals surface area contributed by atoms with Crippen molar-refractivity contribution in [1.82, 2.24) is 5.32 Å². The first-order valence-electron chi connectivity index (χ1n) is 2.92. The highest BCUT2D eigenvalue weighted by atomic mass is 16.5. The second-order valence-electron chi connectivity index (χ2n) is 1.98. The van der Waals surface area contributed by atoms with Crippen LogP contribution in [0.4, 0.5) is 0 Å². The molecule has 0 radical (unpaired) electrons. The Morgan fingerprint density at radius 2 is 2.67 bits per heavy atom. The molecule has 3 N–H and O–H groups in total. The molecule has 1 aliphatic rings. The first-order chi connectivity index (χ1) is 4.29. The molecular weight excluding hydrogens is 120 g/mol. The Morgan fingerprint density at radius 3 is 3.11 bits per heavy atom. The highest BCUT2D eigenvalue weighted by Crippen LogP contribution is 1.98. The second-order valence-corrected chi connectivity index (χ2v) is 1.98. The van der Waals surface area contributed by atoms with Crippen LogP contribution in [-0.4, -0.2) is 25.3 Å². The summed E-state index contributed by atoms with van der Waals surface area (Å²) in [5.41, 5.74) is 4.91. The minimum absolute atomic E-state index is 0.137. The molecule has 1 heterocycles. The van der Waals surface area contributed by atoms with Gasteiger partial charge in [-0.1, -0.05) is 0 Å². The third-order valence-electron chi connectivity index (χ3n) is 1.18. The van der Waals surface area contributed by atoms with Crippen molar-refractivity contribution in [2.75, 3.05) is 13.2 Å².